The number of rotatable bonds is 3. The van der Waals surface area contributed by atoms with Crippen molar-refractivity contribution >= 4 is 21.7 Å². The Bertz CT molecular complexity index is 587. The summed E-state index contributed by atoms with van der Waals surface area (Å²) in [7, 11) is 0. The zero-order valence-corrected chi connectivity index (χ0v) is 12.1. The van der Waals surface area contributed by atoms with Gasteiger partial charge < -0.3 is 0 Å². The number of hydrogen-bond donors (Lipinski definition) is 0. The molecule has 2 aromatic carbocycles. The van der Waals surface area contributed by atoms with Crippen molar-refractivity contribution in [1.82, 2.24) is 0 Å². The molecule has 0 saturated carbocycles. The van der Waals surface area contributed by atoms with Gasteiger partial charge in [-0.3, -0.25) is 4.79 Å². The summed E-state index contributed by atoms with van der Waals surface area (Å²) in [5.41, 5.74) is 4.15. The molecule has 0 saturated heterocycles. The maximum Gasteiger partial charge on any atom is 0.168 e. The molecule has 2 aromatic rings. The summed E-state index contributed by atoms with van der Waals surface area (Å²) in [5.74, 6) is 0.146. The molecule has 2 heteroatoms. The van der Waals surface area contributed by atoms with E-state index in [0.29, 0.717) is 6.42 Å². The number of benzene rings is 2. The third kappa shape index (κ3) is 3.08. The van der Waals surface area contributed by atoms with Gasteiger partial charge in [0.1, 0.15) is 0 Å². The lowest BCUT2D eigenvalue weighted by molar-refractivity contribution is 0.0992. The molecule has 0 bridgehead atoms. The molecule has 18 heavy (non-hydrogen) atoms. The highest BCUT2D eigenvalue weighted by molar-refractivity contribution is 9.10. The summed E-state index contributed by atoms with van der Waals surface area (Å²) in [6.07, 6.45) is 0.448. The fraction of sp³-hybridized carbons (Fsp3) is 0.188. The molecule has 0 heterocycles. The van der Waals surface area contributed by atoms with Crippen molar-refractivity contribution in [2.24, 2.45) is 0 Å². The number of carbonyl (C=O) groups is 1. The fourth-order valence-electron chi connectivity index (χ4n) is 1.95. The Hall–Kier alpha value is -1.41. The van der Waals surface area contributed by atoms with Crippen LogP contribution in [0.5, 0.6) is 0 Å². The molecule has 0 aliphatic carbocycles. The van der Waals surface area contributed by atoms with Crippen molar-refractivity contribution < 1.29 is 4.79 Å². The van der Waals surface area contributed by atoms with E-state index in [9.17, 15) is 4.79 Å². The van der Waals surface area contributed by atoms with Gasteiger partial charge in [-0.05, 0) is 37.1 Å². The Balaban J connectivity index is 2.22. The zero-order valence-electron chi connectivity index (χ0n) is 10.5. The molecule has 0 aliphatic rings. The van der Waals surface area contributed by atoms with Gasteiger partial charge in [0, 0.05) is 16.5 Å². The summed E-state index contributed by atoms with van der Waals surface area (Å²) in [6, 6.07) is 13.9. The van der Waals surface area contributed by atoms with Crippen LogP contribution in [0, 0.1) is 13.8 Å². The van der Waals surface area contributed by atoms with Crippen molar-refractivity contribution in [3.8, 4) is 0 Å². The second-order valence-corrected chi connectivity index (χ2v) is 5.43. The van der Waals surface area contributed by atoms with Gasteiger partial charge in [0.25, 0.3) is 0 Å². The number of carbonyl (C=O) groups excluding carboxylic acids is 1. The lowest BCUT2D eigenvalue weighted by atomic mass is 10.0. The Morgan fingerprint density at radius 2 is 1.78 bits per heavy atom. The number of hydrogen-bond acceptors (Lipinski definition) is 1. The second kappa shape index (κ2) is 5.49. The van der Waals surface area contributed by atoms with Crippen LogP contribution >= 0.6 is 15.9 Å². The van der Waals surface area contributed by atoms with Crippen LogP contribution < -0.4 is 0 Å². The lowest BCUT2D eigenvalue weighted by Crippen LogP contribution is -2.04. The first-order valence-corrected chi connectivity index (χ1v) is 6.70. The van der Waals surface area contributed by atoms with Crippen LogP contribution in [0.15, 0.2) is 46.9 Å². The molecule has 2 rings (SSSR count). The van der Waals surface area contributed by atoms with Crippen LogP contribution in [0.4, 0.5) is 0 Å². The van der Waals surface area contributed by atoms with Crippen LogP contribution in [0.1, 0.15) is 27.0 Å². The van der Waals surface area contributed by atoms with Crippen molar-refractivity contribution in [3.63, 3.8) is 0 Å². The van der Waals surface area contributed by atoms with E-state index in [1.807, 2.05) is 50.2 Å². The van der Waals surface area contributed by atoms with Crippen molar-refractivity contribution in [1.29, 1.82) is 0 Å². The van der Waals surface area contributed by atoms with Crippen LogP contribution in [-0.2, 0) is 6.42 Å². The summed E-state index contributed by atoms with van der Waals surface area (Å²) in [5, 5.41) is 0. The normalized spacial score (nSPS) is 10.4. The Morgan fingerprint density at radius 3 is 2.44 bits per heavy atom. The minimum absolute atomic E-state index is 0.146. The molecule has 0 N–H and O–H groups in total. The third-order valence-corrected chi connectivity index (χ3v) is 3.53. The van der Waals surface area contributed by atoms with E-state index in [1.165, 1.54) is 5.56 Å². The van der Waals surface area contributed by atoms with Crippen molar-refractivity contribution in [3.05, 3.63) is 69.2 Å². The summed E-state index contributed by atoms with van der Waals surface area (Å²) in [4.78, 5) is 12.2. The quantitative estimate of drug-likeness (QED) is 0.763. The van der Waals surface area contributed by atoms with E-state index in [-0.39, 0.29) is 5.78 Å². The standard InChI is InChI=1S/C16H15BrO/c1-11-4-3-5-13(8-11)10-16(18)14-7-6-12(2)9-15(14)17/h3-9H,10H2,1-2H3. The average Bonchev–Trinajstić information content (AvgIpc) is 2.28. The van der Waals surface area contributed by atoms with E-state index in [1.54, 1.807) is 0 Å². The molecular weight excluding hydrogens is 288 g/mol. The van der Waals surface area contributed by atoms with Gasteiger partial charge >= 0.3 is 0 Å². The van der Waals surface area contributed by atoms with Gasteiger partial charge in [-0.2, -0.15) is 0 Å². The fourth-order valence-corrected chi connectivity index (χ4v) is 2.66. The Labute approximate surface area is 116 Å². The summed E-state index contributed by atoms with van der Waals surface area (Å²) in [6.45, 7) is 4.05. The van der Waals surface area contributed by atoms with Crippen LogP contribution in [0.25, 0.3) is 0 Å². The van der Waals surface area contributed by atoms with Crippen LogP contribution in [-0.4, -0.2) is 5.78 Å². The highest BCUT2D eigenvalue weighted by atomic mass is 79.9. The van der Waals surface area contributed by atoms with E-state index in [2.05, 4.69) is 22.0 Å². The molecule has 0 spiro atoms. The Kier molecular flexibility index (Phi) is 3.97. The number of Topliss-reactive ketones (excluding diaryl/α,β-unsaturated/α-hetero) is 1. The molecule has 0 atom stereocenters. The number of aryl methyl sites for hydroxylation is 2. The van der Waals surface area contributed by atoms with Gasteiger partial charge in [0.2, 0.25) is 0 Å². The lowest BCUT2D eigenvalue weighted by Gasteiger charge is -2.05. The smallest absolute Gasteiger partial charge is 0.168 e. The molecule has 1 nitrogen and oxygen atoms in total. The van der Waals surface area contributed by atoms with Crippen LogP contribution in [0.3, 0.4) is 0 Å². The maximum atomic E-state index is 12.2. The molecule has 0 aromatic heterocycles. The minimum Gasteiger partial charge on any atom is -0.294 e. The molecule has 0 radical (unpaired) electrons. The van der Waals surface area contributed by atoms with Gasteiger partial charge in [0.15, 0.2) is 5.78 Å². The highest BCUT2D eigenvalue weighted by Crippen LogP contribution is 2.20. The summed E-state index contributed by atoms with van der Waals surface area (Å²) >= 11 is 3.45. The number of halogens is 1. The monoisotopic (exact) mass is 302 g/mol. The molecule has 0 unspecified atom stereocenters. The average molecular weight is 303 g/mol. The second-order valence-electron chi connectivity index (χ2n) is 4.57. The van der Waals surface area contributed by atoms with Crippen molar-refractivity contribution in [2.75, 3.05) is 0 Å². The SMILES string of the molecule is Cc1cccc(CC(=O)c2ccc(C)cc2Br)c1. The summed E-state index contributed by atoms with van der Waals surface area (Å²) < 4.78 is 0.875. The predicted molar refractivity (Wildman–Crippen MR) is 78.1 cm³/mol. The molecular formula is C16H15BrO. The first-order valence-electron chi connectivity index (χ1n) is 5.91. The van der Waals surface area contributed by atoms with Crippen LogP contribution in [0.2, 0.25) is 0 Å². The van der Waals surface area contributed by atoms with Gasteiger partial charge in [-0.25, -0.2) is 0 Å². The zero-order chi connectivity index (χ0) is 13.1. The molecule has 0 amide bonds. The largest absolute Gasteiger partial charge is 0.294 e. The first-order chi connectivity index (χ1) is 8.56. The minimum atomic E-state index is 0.146. The van der Waals surface area contributed by atoms with Gasteiger partial charge in [-0.1, -0.05) is 51.8 Å². The third-order valence-electron chi connectivity index (χ3n) is 2.87. The number of ketones is 1. The molecule has 0 fully saturated rings. The van der Waals surface area contributed by atoms with Gasteiger partial charge in [-0.15, -0.1) is 0 Å². The topological polar surface area (TPSA) is 17.1 Å². The van der Waals surface area contributed by atoms with E-state index >= 15 is 0 Å². The highest BCUT2D eigenvalue weighted by Gasteiger charge is 2.10. The Morgan fingerprint density at radius 1 is 1.06 bits per heavy atom. The predicted octanol–water partition coefficient (Wildman–Crippen LogP) is 4.49. The molecule has 92 valence electrons. The molecule has 0 aliphatic heterocycles. The van der Waals surface area contributed by atoms with E-state index in [0.717, 1.165) is 21.2 Å². The van der Waals surface area contributed by atoms with E-state index < -0.39 is 0 Å². The maximum absolute atomic E-state index is 12.2. The first kappa shape index (κ1) is 13.0. The van der Waals surface area contributed by atoms with Gasteiger partial charge in [0.05, 0.1) is 0 Å². The van der Waals surface area contributed by atoms with Crippen molar-refractivity contribution in [2.45, 2.75) is 20.3 Å². The van der Waals surface area contributed by atoms with E-state index in [4.69, 9.17) is 0 Å².